The number of halogens is 1. The predicted molar refractivity (Wildman–Crippen MR) is 69.9 cm³/mol. The molecule has 0 aliphatic rings. The third-order valence-electron chi connectivity index (χ3n) is 2.21. The molecular weight excluding hydrogens is 262 g/mol. The van der Waals surface area contributed by atoms with Crippen LogP contribution >= 0.6 is 11.6 Å². The van der Waals surface area contributed by atoms with Gasteiger partial charge in [-0.3, -0.25) is 4.72 Å². The predicted octanol–water partition coefficient (Wildman–Crippen LogP) is 2.16. The number of sulfonamides is 1. The zero-order valence-corrected chi connectivity index (χ0v) is 11.2. The zero-order valence-electron chi connectivity index (χ0n) is 9.61. The van der Waals surface area contributed by atoms with Crippen LogP contribution in [0.15, 0.2) is 18.2 Å². The van der Waals surface area contributed by atoms with Crippen molar-refractivity contribution in [3.8, 4) is 0 Å². The topological polar surface area (TPSA) is 66.4 Å². The summed E-state index contributed by atoms with van der Waals surface area (Å²) in [5.74, 6) is -0.0161. The zero-order chi connectivity index (χ0) is 12.9. The Morgan fingerprint density at radius 3 is 2.65 bits per heavy atom. The van der Waals surface area contributed by atoms with Crippen molar-refractivity contribution in [1.82, 2.24) is 0 Å². The van der Waals surface area contributed by atoms with Crippen LogP contribution in [0.25, 0.3) is 0 Å². The van der Waals surface area contributed by atoms with Gasteiger partial charge in [0.15, 0.2) is 0 Å². The third-order valence-corrected chi connectivity index (χ3v) is 3.88. The summed E-state index contributed by atoms with van der Waals surface area (Å²) in [5, 5.41) is 8.98. The molecule has 0 spiro atoms. The standard InChI is InChI=1S/C11H16ClNO3S/c1-9-4-5-11(10(12)8-9)13-17(15,16)7-3-2-6-14/h4-5,8,13-14H,2-3,6-7H2,1H3. The summed E-state index contributed by atoms with van der Waals surface area (Å²) in [6.45, 7) is 1.88. The highest BCUT2D eigenvalue weighted by Gasteiger charge is 2.11. The molecule has 6 heteroatoms. The molecule has 2 N–H and O–H groups in total. The average molecular weight is 278 g/mol. The maximum absolute atomic E-state index is 11.7. The molecule has 0 fully saturated rings. The maximum atomic E-state index is 11.7. The molecule has 0 unspecified atom stereocenters. The van der Waals surface area contributed by atoms with Gasteiger partial charge in [-0.25, -0.2) is 8.42 Å². The molecule has 1 aromatic carbocycles. The number of hydrogen-bond donors (Lipinski definition) is 2. The normalized spacial score (nSPS) is 11.5. The van der Waals surface area contributed by atoms with Crippen LogP contribution in [-0.4, -0.2) is 25.9 Å². The minimum atomic E-state index is -3.39. The molecule has 0 atom stereocenters. The number of rotatable bonds is 6. The van der Waals surface area contributed by atoms with Crippen LogP contribution in [0.2, 0.25) is 5.02 Å². The molecule has 17 heavy (non-hydrogen) atoms. The number of unbranched alkanes of at least 4 members (excludes halogenated alkanes) is 1. The molecule has 0 aromatic heterocycles. The van der Waals surface area contributed by atoms with Crippen molar-refractivity contribution in [2.75, 3.05) is 17.1 Å². The van der Waals surface area contributed by atoms with Crippen molar-refractivity contribution >= 4 is 27.3 Å². The molecule has 1 rings (SSSR count). The number of aliphatic hydroxyl groups excluding tert-OH is 1. The molecule has 96 valence electrons. The van der Waals surface area contributed by atoms with E-state index in [9.17, 15) is 8.42 Å². The second kappa shape index (κ2) is 6.23. The molecule has 0 bridgehead atoms. The fourth-order valence-corrected chi connectivity index (χ4v) is 2.86. The van der Waals surface area contributed by atoms with Gasteiger partial charge in [-0.05, 0) is 37.5 Å². The van der Waals surface area contributed by atoms with Crippen molar-refractivity contribution in [1.29, 1.82) is 0 Å². The Morgan fingerprint density at radius 2 is 2.06 bits per heavy atom. The van der Waals surface area contributed by atoms with E-state index in [-0.39, 0.29) is 12.4 Å². The van der Waals surface area contributed by atoms with Crippen LogP contribution in [0.4, 0.5) is 5.69 Å². The van der Waals surface area contributed by atoms with E-state index in [1.54, 1.807) is 18.2 Å². The Labute approximate surface area is 107 Å². The van der Waals surface area contributed by atoms with Crippen molar-refractivity contribution in [2.24, 2.45) is 0 Å². The van der Waals surface area contributed by atoms with Gasteiger partial charge in [0.1, 0.15) is 0 Å². The highest BCUT2D eigenvalue weighted by Crippen LogP contribution is 2.23. The van der Waals surface area contributed by atoms with E-state index in [1.807, 2.05) is 6.92 Å². The summed E-state index contributed by atoms with van der Waals surface area (Å²) < 4.78 is 25.8. The maximum Gasteiger partial charge on any atom is 0.232 e. The van der Waals surface area contributed by atoms with Crippen LogP contribution in [0.1, 0.15) is 18.4 Å². The molecule has 0 aliphatic heterocycles. The first-order valence-electron chi connectivity index (χ1n) is 5.32. The van der Waals surface area contributed by atoms with Crippen LogP contribution < -0.4 is 4.72 Å². The number of aliphatic hydroxyl groups is 1. The highest BCUT2D eigenvalue weighted by atomic mass is 35.5. The third kappa shape index (κ3) is 4.93. The Kier molecular flexibility index (Phi) is 5.24. The lowest BCUT2D eigenvalue weighted by molar-refractivity contribution is 0.287. The number of hydrogen-bond acceptors (Lipinski definition) is 3. The minimum absolute atomic E-state index is 0.000801. The number of aryl methyl sites for hydroxylation is 1. The van der Waals surface area contributed by atoms with E-state index in [0.717, 1.165) is 5.56 Å². The quantitative estimate of drug-likeness (QED) is 0.783. The molecule has 0 heterocycles. The van der Waals surface area contributed by atoms with Gasteiger partial charge in [-0.1, -0.05) is 17.7 Å². The highest BCUT2D eigenvalue weighted by molar-refractivity contribution is 7.92. The van der Waals surface area contributed by atoms with Gasteiger partial charge in [0, 0.05) is 6.61 Å². The van der Waals surface area contributed by atoms with E-state index < -0.39 is 10.0 Å². The first-order chi connectivity index (χ1) is 7.94. The second-order valence-electron chi connectivity index (χ2n) is 3.83. The van der Waals surface area contributed by atoms with Gasteiger partial charge in [-0.15, -0.1) is 0 Å². The van der Waals surface area contributed by atoms with Gasteiger partial charge in [0.05, 0.1) is 16.5 Å². The lowest BCUT2D eigenvalue weighted by Crippen LogP contribution is -2.17. The smallest absolute Gasteiger partial charge is 0.232 e. The summed E-state index contributed by atoms with van der Waals surface area (Å²) in [5.41, 5.74) is 1.36. The Balaban J connectivity index is 2.69. The van der Waals surface area contributed by atoms with Crippen molar-refractivity contribution in [3.63, 3.8) is 0 Å². The molecule has 0 radical (unpaired) electrons. The summed E-state index contributed by atoms with van der Waals surface area (Å²) in [7, 11) is -3.39. The molecule has 0 saturated heterocycles. The van der Waals surface area contributed by atoms with E-state index in [0.29, 0.717) is 23.6 Å². The van der Waals surface area contributed by atoms with Gasteiger partial charge >= 0.3 is 0 Å². The largest absolute Gasteiger partial charge is 0.396 e. The van der Waals surface area contributed by atoms with Crippen molar-refractivity contribution in [3.05, 3.63) is 28.8 Å². The van der Waals surface area contributed by atoms with E-state index in [4.69, 9.17) is 16.7 Å². The monoisotopic (exact) mass is 277 g/mol. The lowest BCUT2D eigenvalue weighted by atomic mass is 10.2. The summed E-state index contributed by atoms with van der Waals surface area (Å²) >= 11 is 5.93. The summed E-state index contributed by atoms with van der Waals surface area (Å²) in [6.07, 6.45) is 0.901. The van der Waals surface area contributed by atoms with Crippen LogP contribution in [0, 0.1) is 6.92 Å². The molecule has 0 amide bonds. The first kappa shape index (κ1) is 14.3. The Bertz CT molecular complexity index is 474. The van der Waals surface area contributed by atoms with Gasteiger partial charge < -0.3 is 5.11 Å². The van der Waals surface area contributed by atoms with Crippen LogP contribution in [0.5, 0.6) is 0 Å². The lowest BCUT2D eigenvalue weighted by Gasteiger charge is -2.09. The molecule has 0 aliphatic carbocycles. The molecule has 0 saturated carbocycles. The fourth-order valence-electron chi connectivity index (χ4n) is 1.33. The van der Waals surface area contributed by atoms with Gasteiger partial charge in [-0.2, -0.15) is 0 Å². The minimum Gasteiger partial charge on any atom is -0.396 e. The van der Waals surface area contributed by atoms with Crippen molar-refractivity contribution < 1.29 is 13.5 Å². The molecule has 4 nitrogen and oxygen atoms in total. The number of benzene rings is 1. The summed E-state index contributed by atoms with van der Waals surface area (Å²) in [6, 6.07) is 5.13. The van der Waals surface area contributed by atoms with E-state index >= 15 is 0 Å². The Hall–Kier alpha value is -0.780. The second-order valence-corrected chi connectivity index (χ2v) is 6.08. The van der Waals surface area contributed by atoms with Gasteiger partial charge in [0.2, 0.25) is 10.0 Å². The number of anilines is 1. The van der Waals surface area contributed by atoms with Crippen molar-refractivity contribution in [2.45, 2.75) is 19.8 Å². The molecular formula is C11H16ClNO3S. The molecule has 1 aromatic rings. The van der Waals surface area contributed by atoms with Gasteiger partial charge in [0.25, 0.3) is 0 Å². The van der Waals surface area contributed by atoms with E-state index in [2.05, 4.69) is 4.72 Å². The SMILES string of the molecule is Cc1ccc(NS(=O)(=O)CCCCO)c(Cl)c1. The average Bonchev–Trinajstić information content (AvgIpc) is 2.22. The first-order valence-corrected chi connectivity index (χ1v) is 7.35. The Morgan fingerprint density at radius 1 is 1.35 bits per heavy atom. The summed E-state index contributed by atoms with van der Waals surface area (Å²) in [4.78, 5) is 0. The van der Waals surface area contributed by atoms with Crippen LogP contribution in [0.3, 0.4) is 0 Å². The van der Waals surface area contributed by atoms with Crippen LogP contribution in [-0.2, 0) is 10.0 Å². The fraction of sp³-hybridized carbons (Fsp3) is 0.455. The number of nitrogens with one attached hydrogen (secondary N) is 1. The van der Waals surface area contributed by atoms with E-state index in [1.165, 1.54) is 0 Å².